The van der Waals surface area contributed by atoms with Gasteiger partial charge in [0.2, 0.25) is 5.91 Å². The van der Waals surface area contributed by atoms with Crippen LogP contribution in [0.2, 0.25) is 10.0 Å². The van der Waals surface area contributed by atoms with E-state index in [2.05, 4.69) is 5.32 Å². The Labute approximate surface area is 157 Å². The molecule has 2 aromatic carbocycles. The van der Waals surface area contributed by atoms with Gasteiger partial charge in [-0.1, -0.05) is 41.4 Å². The van der Waals surface area contributed by atoms with Gasteiger partial charge in [-0.2, -0.15) is 13.2 Å². The summed E-state index contributed by atoms with van der Waals surface area (Å²) in [5.74, 6) is -1.40. The Bertz CT molecular complexity index is 826. The van der Waals surface area contributed by atoms with Gasteiger partial charge in [0, 0.05) is 0 Å². The lowest BCUT2D eigenvalue weighted by molar-refractivity contribution is -0.123. The molecule has 0 spiro atoms. The Morgan fingerprint density at radius 3 is 2.35 bits per heavy atom. The molecule has 2 rings (SSSR count). The summed E-state index contributed by atoms with van der Waals surface area (Å²) >= 11 is 11.7. The fourth-order valence-corrected chi connectivity index (χ4v) is 2.42. The highest BCUT2D eigenvalue weighted by molar-refractivity contribution is 6.42. The van der Waals surface area contributed by atoms with Crippen molar-refractivity contribution in [1.29, 1.82) is 0 Å². The SMILES string of the molecule is O=C(Cc1ccc(Cl)c(Cl)c1)Nc1ccccc1C(=O)NCC(F)(F)F. The number of hydrogen-bond donors (Lipinski definition) is 2. The lowest BCUT2D eigenvalue weighted by atomic mass is 10.1. The van der Waals surface area contributed by atoms with Crippen LogP contribution in [0.15, 0.2) is 42.5 Å². The second-order valence-electron chi connectivity index (χ2n) is 5.32. The van der Waals surface area contributed by atoms with E-state index in [-0.39, 0.29) is 17.7 Å². The minimum absolute atomic E-state index is 0.0462. The number of carbonyl (C=O) groups is 2. The fourth-order valence-electron chi connectivity index (χ4n) is 2.10. The van der Waals surface area contributed by atoms with Crippen molar-refractivity contribution in [3.63, 3.8) is 0 Å². The third-order valence-electron chi connectivity index (χ3n) is 3.24. The predicted molar refractivity (Wildman–Crippen MR) is 93.6 cm³/mol. The number of nitrogens with one attached hydrogen (secondary N) is 2. The van der Waals surface area contributed by atoms with Crippen molar-refractivity contribution >= 4 is 40.7 Å². The van der Waals surface area contributed by atoms with Gasteiger partial charge in [-0.15, -0.1) is 0 Å². The fraction of sp³-hybridized carbons (Fsp3) is 0.176. The minimum Gasteiger partial charge on any atom is -0.343 e. The number of para-hydroxylation sites is 1. The van der Waals surface area contributed by atoms with Gasteiger partial charge in [0.05, 0.1) is 27.7 Å². The van der Waals surface area contributed by atoms with Crippen molar-refractivity contribution in [2.45, 2.75) is 12.6 Å². The van der Waals surface area contributed by atoms with Crippen LogP contribution < -0.4 is 10.6 Å². The highest BCUT2D eigenvalue weighted by Crippen LogP contribution is 2.23. The Kier molecular flexibility index (Phi) is 6.50. The predicted octanol–water partition coefficient (Wildman–Crippen LogP) is 4.47. The molecule has 0 saturated carbocycles. The summed E-state index contributed by atoms with van der Waals surface area (Å²) in [6.45, 7) is -1.46. The molecule has 0 saturated heterocycles. The first-order valence-corrected chi connectivity index (χ1v) is 8.09. The topological polar surface area (TPSA) is 58.2 Å². The number of benzene rings is 2. The van der Waals surface area contributed by atoms with Crippen LogP contribution in [0.25, 0.3) is 0 Å². The molecule has 0 radical (unpaired) electrons. The maximum atomic E-state index is 12.2. The van der Waals surface area contributed by atoms with Crippen LogP contribution in [0.3, 0.4) is 0 Å². The molecule has 2 aromatic rings. The summed E-state index contributed by atoms with van der Waals surface area (Å²) in [7, 11) is 0. The second kappa shape index (κ2) is 8.42. The molecular formula is C17H13Cl2F3N2O2. The number of halogens is 5. The van der Waals surface area contributed by atoms with Crippen molar-refractivity contribution in [1.82, 2.24) is 5.32 Å². The summed E-state index contributed by atoms with van der Waals surface area (Å²) in [6.07, 6.45) is -4.57. The summed E-state index contributed by atoms with van der Waals surface area (Å²) in [5, 5.41) is 4.93. The van der Waals surface area contributed by atoms with Crippen LogP contribution in [0, 0.1) is 0 Å². The third-order valence-corrected chi connectivity index (χ3v) is 3.98. The third kappa shape index (κ3) is 5.93. The quantitative estimate of drug-likeness (QED) is 0.772. The van der Waals surface area contributed by atoms with E-state index in [0.717, 1.165) is 0 Å². The van der Waals surface area contributed by atoms with Crippen LogP contribution in [0.4, 0.5) is 18.9 Å². The molecule has 9 heteroatoms. The lowest BCUT2D eigenvalue weighted by Gasteiger charge is -2.12. The number of carbonyl (C=O) groups excluding carboxylic acids is 2. The van der Waals surface area contributed by atoms with E-state index in [1.807, 2.05) is 0 Å². The average molecular weight is 405 g/mol. The van der Waals surface area contributed by atoms with E-state index in [1.165, 1.54) is 24.3 Å². The molecule has 0 unspecified atom stereocenters. The maximum absolute atomic E-state index is 12.2. The van der Waals surface area contributed by atoms with Crippen molar-refractivity contribution in [2.75, 3.05) is 11.9 Å². The standard InChI is InChI=1S/C17H13Cl2F3N2O2/c18-12-6-5-10(7-13(12)19)8-15(25)24-14-4-2-1-3-11(14)16(26)23-9-17(20,21)22/h1-7H,8-9H2,(H,23,26)(H,24,25). The zero-order valence-electron chi connectivity index (χ0n) is 13.2. The van der Waals surface area contributed by atoms with Crippen LogP contribution in [0.1, 0.15) is 15.9 Å². The molecule has 2 amide bonds. The molecule has 0 aromatic heterocycles. The Hall–Kier alpha value is -2.25. The molecule has 0 aliphatic rings. The van der Waals surface area contributed by atoms with Gasteiger partial charge in [0.15, 0.2) is 0 Å². The molecule has 0 heterocycles. The number of amides is 2. The van der Waals surface area contributed by atoms with Crippen LogP contribution in [-0.4, -0.2) is 24.5 Å². The Morgan fingerprint density at radius 2 is 1.69 bits per heavy atom. The molecule has 0 bridgehead atoms. The van der Waals surface area contributed by atoms with Crippen LogP contribution in [0.5, 0.6) is 0 Å². The summed E-state index contributed by atoms with van der Waals surface area (Å²) in [5.41, 5.74) is 0.632. The normalized spacial score (nSPS) is 11.1. The first kappa shape index (κ1) is 20.1. The summed E-state index contributed by atoms with van der Waals surface area (Å²) < 4.78 is 36.7. The molecule has 0 atom stereocenters. The highest BCUT2D eigenvalue weighted by atomic mass is 35.5. The van der Waals surface area contributed by atoms with Gasteiger partial charge >= 0.3 is 6.18 Å². The molecule has 0 aliphatic heterocycles. The van der Waals surface area contributed by atoms with Gasteiger partial charge in [-0.25, -0.2) is 0 Å². The minimum atomic E-state index is -4.53. The average Bonchev–Trinajstić information content (AvgIpc) is 2.56. The van der Waals surface area contributed by atoms with Gasteiger partial charge in [-0.05, 0) is 29.8 Å². The van der Waals surface area contributed by atoms with E-state index in [0.29, 0.717) is 15.6 Å². The molecule has 0 aliphatic carbocycles. The van der Waals surface area contributed by atoms with Crippen molar-refractivity contribution in [3.05, 3.63) is 63.6 Å². The molecular weight excluding hydrogens is 392 g/mol. The largest absolute Gasteiger partial charge is 0.405 e. The van der Waals surface area contributed by atoms with Crippen LogP contribution in [-0.2, 0) is 11.2 Å². The first-order chi connectivity index (χ1) is 12.2. The van der Waals surface area contributed by atoms with Crippen LogP contribution >= 0.6 is 23.2 Å². The zero-order chi connectivity index (χ0) is 19.3. The number of anilines is 1. The van der Waals surface area contributed by atoms with Gasteiger partial charge in [0.1, 0.15) is 6.54 Å². The van der Waals surface area contributed by atoms with E-state index in [1.54, 1.807) is 23.5 Å². The maximum Gasteiger partial charge on any atom is 0.405 e. The van der Waals surface area contributed by atoms with Gasteiger partial charge < -0.3 is 10.6 Å². The highest BCUT2D eigenvalue weighted by Gasteiger charge is 2.28. The smallest absolute Gasteiger partial charge is 0.343 e. The van der Waals surface area contributed by atoms with Crippen molar-refractivity contribution in [3.8, 4) is 0 Å². The molecule has 26 heavy (non-hydrogen) atoms. The van der Waals surface area contributed by atoms with E-state index in [9.17, 15) is 22.8 Å². The molecule has 0 fully saturated rings. The first-order valence-electron chi connectivity index (χ1n) is 7.33. The number of rotatable bonds is 5. The van der Waals surface area contributed by atoms with E-state index in [4.69, 9.17) is 23.2 Å². The molecule has 2 N–H and O–H groups in total. The van der Waals surface area contributed by atoms with E-state index >= 15 is 0 Å². The lowest BCUT2D eigenvalue weighted by Crippen LogP contribution is -2.34. The molecule has 4 nitrogen and oxygen atoms in total. The summed E-state index contributed by atoms with van der Waals surface area (Å²) in [6, 6.07) is 10.5. The van der Waals surface area contributed by atoms with Gasteiger partial charge in [0.25, 0.3) is 5.91 Å². The number of hydrogen-bond acceptors (Lipinski definition) is 2. The van der Waals surface area contributed by atoms with E-state index < -0.39 is 24.5 Å². The summed E-state index contributed by atoms with van der Waals surface area (Å²) in [4.78, 5) is 24.1. The molecule has 138 valence electrons. The second-order valence-corrected chi connectivity index (χ2v) is 6.13. The van der Waals surface area contributed by atoms with Crippen molar-refractivity contribution in [2.24, 2.45) is 0 Å². The number of alkyl halides is 3. The Balaban J connectivity index is 2.08. The Morgan fingerprint density at radius 1 is 1.00 bits per heavy atom. The van der Waals surface area contributed by atoms with Gasteiger partial charge in [-0.3, -0.25) is 9.59 Å². The zero-order valence-corrected chi connectivity index (χ0v) is 14.7. The van der Waals surface area contributed by atoms with Crippen molar-refractivity contribution < 1.29 is 22.8 Å². The monoisotopic (exact) mass is 404 g/mol.